The Morgan fingerprint density at radius 2 is 1.94 bits per heavy atom. The number of phenols is 1. The van der Waals surface area contributed by atoms with E-state index in [-0.39, 0.29) is 29.0 Å². The van der Waals surface area contributed by atoms with Crippen LogP contribution < -0.4 is 10.2 Å². The number of carbonyl (C=O) groups is 1. The van der Waals surface area contributed by atoms with Crippen molar-refractivity contribution < 1.29 is 9.90 Å². The van der Waals surface area contributed by atoms with Crippen LogP contribution in [0, 0.1) is 17.8 Å². The summed E-state index contributed by atoms with van der Waals surface area (Å²) < 4.78 is 2.73. The van der Waals surface area contributed by atoms with Gasteiger partial charge in [-0.1, -0.05) is 39.4 Å². The van der Waals surface area contributed by atoms with Crippen LogP contribution in [0.15, 0.2) is 62.8 Å². The maximum atomic E-state index is 13.1. The zero-order valence-electron chi connectivity index (χ0n) is 17.7. The normalized spacial score (nSPS) is 27.2. The third-order valence-electron chi connectivity index (χ3n) is 7.35. The van der Waals surface area contributed by atoms with Crippen molar-refractivity contribution in [3.63, 3.8) is 0 Å². The fourth-order valence-corrected chi connectivity index (χ4v) is 9.62. The highest BCUT2D eigenvalue weighted by atomic mass is 79.9. The zero-order chi connectivity index (χ0) is 22.7. The summed E-state index contributed by atoms with van der Waals surface area (Å²) in [6, 6.07) is 14.9. The summed E-state index contributed by atoms with van der Waals surface area (Å²) in [6.45, 7) is -0.00473. The molecule has 1 aromatic heterocycles. The lowest BCUT2D eigenvalue weighted by atomic mass is 9.75. The van der Waals surface area contributed by atoms with Gasteiger partial charge in [-0.2, -0.15) is 0 Å². The van der Waals surface area contributed by atoms with Crippen molar-refractivity contribution >= 4 is 50.6 Å². The minimum absolute atomic E-state index is 0.00473. The highest BCUT2D eigenvalue weighted by molar-refractivity contribution is 9.10. The van der Waals surface area contributed by atoms with Crippen LogP contribution in [-0.2, 0) is 11.3 Å². The van der Waals surface area contributed by atoms with Crippen molar-refractivity contribution in [3.8, 4) is 5.75 Å². The van der Waals surface area contributed by atoms with Crippen molar-refractivity contribution in [3.05, 3.63) is 73.1 Å². The van der Waals surface area contributed by atoms with E-state index < -0.39 is 0 Å². The highest BCUT2D eigenvalue weighted by Crippen LogP contribution is 2.64. The van der Waals surface area contributed by atoms with Gasteiger partial charge < -0.3 is 10.4 Å². The monoisotopic (exact) mass is 542 g/mol. The molecule has 2 saturated carbocycles. The molecule has 0 radical (unpaired) electrons. The summed E-state index contributed by atoms with van der Waals surface area (Å²) in [5, 5.41) is 13.8. The molecule has 3 aliphatic rings. The zero-order valence-corrected chi connectivity index (χ0v) is 21.0. The molecule has 2 fully saturated rings. The molecule has 0 saturated heterocycles. The van der Waals surface area contributed by atoms with E-state index in [1.165, 1.54) is 48.3 Å². The molecular weight excluding hydrogens is 520 g/mol. The average Bonchev–Trinajstić information content (AvgIpc) is 3.48. The second-order valence-corrected chi connectivity index (χ2v) is 12.3. The maximum absolute atomic E-state index is 13.1. The number of carbonyl (C=O) groups excluding carboxylic acids is 1. The van der Waals surface area contributed by atoms with Gasteiger partial charge in [0.2, 0.25) is 5.91 Å². The van der Waals surface area contributed by atoms with Crippen LogP contribution >= 0.6 is 39.0 Å². The number of halogens is 1. The van der Waals surface area contributed by atoms with Crippen LogP contribution in [0.2, 0.25) is 0 Å². The van der Waals surface area contributed by atoms with Crippen molar-refractivity contribution in [1.82, 2.24) is 4.57 Å². The summed E-state index contributed by atoms with van der Waals surface area (Å²) in [4.78, 5) is 27.0. The molecule has 2 heterocycles. The number of aromatic nitrogens is 1. The Kier molecular flexibility index (Phi) is 5.42. The molecule has 1 aliphatic heterocycles. The van der Waals surface area contributed by atoms with E-state index in [0.29, 0.717) is 28.7 Å². The molecule has 2 N–H and O–H groups in total. The van der Waals surface area contributed by atoms with Crippen molar-refractivity contribution in [2.75, 3.05) is 5.32 Å². The number of hydrogen-bond acceptors (Lipinski definition) is 5. The number of fused-ring (bicyclic) bond motifs is 6. The molecule has 33 heavy (non-hydrogen) atoms. The van der Waals surface area contributed by atoms with E-state index in [4.69, 9.17) is 0 Å². The fourth-order valence-electron chi connectivity index (χ4n) is 6.05. The van der Waals surface area contributed by atoms with Crippen LogP contribution in [-0.4, -0.2) is 20.8 Å². The van der Waals surface area contributed by atoms with Crippen LogP contribution in [0.4, 0.5) is 5.69 Å². The summed E-state index contributed by atoms with van der Waals surface area (Å²) in [7, 11) is 0. The van der Waals surface area contributed by atoms with E-state index in [1.807, 2.05) is 17.8 Å². The largest absolute Gasteiger partial charge is 0.508 e. The van der Waals surface area contributed by atoms with Crippen LogP contribution in [0.5, 0.6) is 5.75 Å². The summed E-state index contributed by atoms with van der Waals surface area (Å²) in [6.07, 6.45) is 3.85. The van der Waals surface area contributed by atoms with Gasteiger partial charge in [-0.25, -0.2) is 0 Å². The van der Waals surface area contributed by atoms with Gasteiger partial charge >= 0.3 is 4.87 Å². The molecule has 2 bridgehead atoms. The van der Waals surface area contributed by atoms with Crippen molar-refractivity contribution in [2.45, 2.75) is 42.0 Å². The quantitative estimate of drug-likeness (QED) is 0.416. The standard InChI is InChI=1S/C25H23BrN2O3S2/c26-16-3-1-2-13(11-16)21-20-14-4-5-15(10-14)22(20)32-24-23(21)33-25(31)28(24)12-19(30)27-17-6-8-18(29)9-7-17/h1-3,6-9,11,14-15,20-22,29H,4-5,10,12H2,(H,27,30)/t14?,15?,20?,21-,22?/m1/s1. The van der Waals surface area contributed by atoms with Crippen molar-refractivity contribution in [1.29, 1.82) is 0 Å². The highest BCUT2D eigenvalue weighted by Gasteiger charge is 2.55. The predicted molar refractivity (Wildman–Crippen MR) is 135 cm³/mol. The second kappa shape index (κ2) is 8.32. The Balaban J connectivity index is 1.37. The third-order valence-corrected chi connectivity index (χ3v) is 10.7. The van der Waals surface area contributed by atoms with Crippen LogP contribution in [0.25, 0.3) is 0 Å². The van der Waals surface area contributed by atoms with Crippen LogP contribution in [0.1, 0.15) is 35.6 Å². The number of phenolic OH excluding ortho intramolecular Hbond substituents is 1. The summed E-state index contributed by atoms with van der Waals surface area (Å²) >= 11 is 6.78. The number of anilines is 1. The number of rotatable bonds is 4. The molecule has 2 aliphatic carbocycles. The average molecular weight is 544 g/mol. The van der Waals surface area contributed by atoms with E-state index in [1.54, 1.807) is 16.7 Å². The lowest BCUT2D eigenvalue weighted by Crippen LogP contribution is -2.34. The van der Waals surface area contributed by atoms with Gasteiger partial charge in [-0.3, -0.25) is 14.2 Å². The van der Waals surface area contributed by atoms with Gasteiger partial charge in [0.15, 0.2) is 0 Å². The number of thioether (sulfide) groups is 1. The summed E-state index contributed by atoms with van der Waals surface area (Å²) in [5.74, 6) is 2.07. The van der Waals surface area contributed by atoms with Crippen molar-refractivity contribution in [2.24, 2.45) is 17.8 Å². The predicted octanol–water partition coefficient (Wildman–Crippen LogP) is 5.67. The molecule has 5 nitrogen and oxygen atoms in total. The Morgan fingerprint density at radius 1 is 1.15 bits per heavy atom. The number of nitrogens with zero attached hydrogens (tertiary/aromatic N) is 1. The van der Waals surface area contributed by atoms with E-state index >= 15 is 0 Å². The number of aromatic hydroxyl groups is 1. The molecule has 170 valence electrons. The molecule has 0 spiro atoms. The SMILES string of the molecule is O=C(Cn1c2c(sc1=O)[C@H](c1cccc(Br)c1)C1C3CCC(C3)C1S2)Nc1ccc(O)cc1. The Morgan fingerprint density at radius 3 is 2.73 bits per heavy atom. The number of amides is 1. The minimum Gasteiger partial charge on any atom is -0.508 e. The first kappa shape index (κ1) is 21.5. The Bertz CT molecular complexity index is 1290. The van der Waals surface area contributed by atoms with Gasteiger partial charge in [-0.15, -0.1) is 11.8 Å². The topological polar surface area (TPSA) is 71.3 Å². The molecule has 6 rings (SSSR count). The Hall–Kier alpha value is -2.03. The lowest BCUT2D eigenvalue weighted by molar-refractivity contribution is -0.116. The first-order chi connectivity index (χ1) is 16.0. The first-order valence-electron chi connectivity index (χ1n) is 11.2. The molecule has 5 atom stereocenters. The van der Waals surface area contributed by atoms with Crippen LogP contribution in [0.3, 0.4) is 0 Å². The van der Waals surface area contributed by atoms with Gasteiger partial charge in [0.05, 0.1) is 5.03 Å². The minimum atomic E-state index is -0.238. The van der Waals surface area contributed by atoms with E-state index in [9.17, 15) is 14.7 Å². The molecule has 8 heteroatoms. The summed E-state index contributed by atoms with van der Waals surface area (Å²) in [5.41, 5.74) is 1.86. The number of hydrogen-bond donors (Lipinski definition) is 2. The second-order valence-electron chi connectivity index (χ2n) is 9.24. The lowest BCUT2D eigenvalue weighted by Gasteiger charge is -2.40. The number of thiazole rings is 1. The number of nitrogens with one attached hydrogen (secondary N) is 1. The Labute approximate surface area is 208 Å². The van der Waals surface area contributed by atoms with Gasteiger partial charge in [-0.05, 0) is 79.0 Å². The van der Waals surface area contributed by atoms with E-state index in [2.05, 4.69) is 39.4 Å². The van der Waals surface area contributed by atoms with Gasteiger partial charge in [0, 0.05) is 26.2 Å². The fraction of sp³-hybridized carbons (Fsp3) is 0.360. The molecular formula is C25H23BrN2O3S2. The van der Waals surface area contributed by atoms with Gasteiger partial charge in [0.1, 0.15) is 12.3 Å². The van der Waals surface area contributed by atoms with Gasteiger partial charge in [0.25, 0.3) is 0 Å². The maximum Gasteiger partial charge on any atom is 0.308 e. The molecule has 1 amide bonds. The molecule has 3 aromatic rings. The molecule has 2 aromatic carbocycles. The first-order valence-corrected chi connectivity index (χ1v) is 13.7. The van der Waals surface area contributed by atoms with E-state index in [0.717, 1.165) is 14.4 Å². The smallest absolute Gasteiger partial charge is 0.308 e. The number of benzene rings is 2. The third kappa shape index (κ3) is 3.76. The molecule has 4 unspecified atom stereocenters.